The van der Waals surface area contributed by atoms with Gasteiger partial charge in [0, 0.05) is 6.20 Å². The SMILES string of the molecule is CCS(=O)(=O)c1ccccc1NCc1ncccc1C. The second-order valence-corrected chi connectivity index (χ2v) is 6.77. The van der Waals surface area contributed by atoms with Crippen LogP contribution in [0.25, 0.3) is 0 Å². The first kappa shape index (κ1) is 14.5. The summed E-state index contributed by atoms with van der Waals surface area (Å²) in [5, 5.41) is 3.17. The largest absolute Gasteiger partial charge is 0.378 e. The highest BCUT2D eigenvalue weighted by atomic mass is 32.2. The van der Waals surface area contributed by atoms with Gasteiger partial charge in [0.05, 0.1) is 28.6 Å². The molecule has 4 nitrogen and oxygen atoms in total. The molecule has 106 valence electrons. The fourth-order valence-corrected chi connectivity index (χ4v) is 2.99. The van der Waals surface area contributed by atoms with Crippen LogP contribution in [0.15, 0.2) is 47.5 Å². The number of sulfone groups is 1. The maximum absolute atomic E-state index is 12.0. The van der Waals surface area contributed by atoms with Crippen molar-refractivity contribution in [1.29, 1.82) is 0 Å². The van der Waals surface area contributed by atoms with Crippen molar-refractivity contribution in [3.8, 4) is 0 Å². The Hall–Kier alpha value is -1.88. The Morgan fingerprint density at radius 1 is 1.15 bits per heavy atom. The second-order valence-electron chi connectivity index (χ2n) is 4.52. The molecular formula is C15H18N2O2S. The lowest BCUT2D eigenvalue weighted by Gasteiger charge is -2.12. The zero-order chi connectivity index (χ0) is 14.6. The molecule has 1 heterocycles. The standard InChI is InChI=1S/C15H18N2O2S/c1-3-20(18,19)15-9-5-4-8-13(15)17-11-14-12(2)7-6-10-16-14/h4-10,17H,3,11H2,1-2H3. The molecule has 1 aromatic heterocycles. The summed E-state index contributed by atoms with van der Waals surface area (Å²) < 4.78 is 24.1. The zero-order valence-corrected chi connectivity index (χ0v) is 12.4. The maximum Gasteiger partial charge on any atom is 0.180 e. The Labute approximate surface area is 119 Å². The summed E-state index contributed by atoms with van der Waals surface area (Å²) >= 11 is 0. The van der Waals surface area contributed by atoms with E-state index in [1.807, 2.05) is 25.1 Å². The monoisotopic (exact) mass is 290 g/mol. The lowest BCUT2D eigenvalue weighted by Crippen LogP contribution is -2.10. The highest BCUT2D eigenvalue weighted by molar-refractivity contribution is 7.91. The fourth-order valence-electron chi connectivity index (χ4n) is 1.92. The van der Waals surface area contributed by atoms with Crippen LogP contribution in [0.3, 0.4) is 0 Å². The molecule has 2 aromatic rings. The van der Waals surface area contributed by atoms with E-state index in [4.69, 9.17) is 0 Å². The molecule has 0 radical (unpaired) electrons. The van der Waals surface area contributed by atoms with Gasteiger partial charge in [0.1, 0.15) is 0 Å². The number of anilines is 1. The highest BCUT2D eigenvalue weighted by Gasteiger charge is 2.15. The number of aromatic nitrogens is 1. The predicted octanol–water partition coefficient (Wildman–Crippen LogP) is 2.80. The maximum atomic E-state index is 12.0. The van der Waals surface area contributed by atoms with E-state index in [0.717, 1.165) is 11.3 Å². The van der Waals surface area contributed by atoms with Crippen molar-refractivity contribution in [2.24, 2.45) is 0 Å². The summed E-state index contributed by atoms with van der Waals surface area (Å²) in [5.74, 6) is 0.0916. The number of pyridine rings is 1. The van der Waals surface area contributed by atoms with E-state index in [1.165, 1.54) is 0 Å². The van der Waals surface area contributed by atoms with Gasteiger partial charge < -0.3 is 5.32 Å². The minimum atomic E-state index is -3.23. The number of benzene rings is 1. The summed E-state index contributed by atoms with van der Waals surface area (Å²) in [7, 11) is -3.23. The molecule has 0 saturated heterocycles. The zero-order valence-electron chi connectivity index (χ0n) is 11.6. The smallest absolute Gasteiger partial charge is 0.180 e. The Bertz CT molecular complexity index is 697. The van der Waals surface area contributed by atoms with Crippen molar-refractivity contribution in [3.63, 3.8) is 0 Å². The number of nitrogens with one attached hydrogen (secondary N) is 1. The van der Waals surface area contributed by atoms with Crippen LogP contribution < -0.4 is 5.32 Å². The van der Waals surface area contributed by atoms with Crippen LogP contribution in [-0.4, -0.2) is 19.2 Å². The molecule has 5 heteroatoms. The third-order valence-corrected chi connectivity index (χ3v) is 4.95. The van der Waals surface area contributed by atoms with Crippen molar-refractivity contribution in [2.75, 3.05) is 11.1 Å². The van der Waals surface area contributed by atoms with Gasteiger partial charge in [0.2, 0.25) is 0 Å². The fraction of sp³-hybridized carbons (Fsp3) is 0.267. The van der Waals surface area contributed by atoms with Crippen LogP contribution >= 0.6 is 0 Å². The van der Waals surface area contributed by atoms with Crippen LogP contribution in [0.2, 0.25) is 0 Å². The molecule has 0 amide bonds. The first-order valence-corrected chi connectivity index (χ1v) is 8.16. The molecule has 0 saturated carbocycles. The van der Waals surface area contributed by atoms with Crippen molar-refractivity contribution < 1.29 is 8.42 Å². The average molecular weight is 290 g/mol. The summed E-state index contributed by atoms with van der Waals surface area (Å²) in [5.41, 5.74) is 2.62. The molecule has 1 aromatic carbocycles. The number of rotatable bonds is 5. The molecule has 2 rings (SSSR count). The van der Waals surface area contributed by atoms with Crippen LogP contribution in [0.5, 0.6) is 0 Å². The first-order valence-electron chi connectivity index (χ1n) is 6.50. The van der Waals surface area contributed by atoms with Crippen molar-refractivity contribution in [2.45, 2.75) is 25.3 Å². The van der Waals surface area contributed by atoms with Gasteiger partial charge in [0.15, 0.2) is 9.84 Å². The van der Waals surface area contributed by atoms with E-state index in [2.05, 4.69) is 10.3 Å². The molecule has 0 aliphatic rings. The van der Waals surface area contributed by atoms with E-state index in [9.17, 15) is 8.42 Å². The van der Waals surface area contributed by atoms with Crippen LogP contribution in [-0.2, 0) is 16.4 Å². The van der Waals surface area contributed by atoms with Gasteiger partial charge in [0.25, 0.3) is 0 Å². The molecule has 0 spiro atoms. The quantitative estimate of drug-likeness (QED) is 0.920. The van der Waals surface area contributed by atoms with E-state index in [1.54, 1.807) is 31.3 Å². The molecular weight excluding hydrogens is 272 g/mol. The Kier molecular flexibility index (Phi) is 4.39. The van der Waals surface area contributed by atoms with Crippen LogP contribution in [0, 0.1) is 6.92 Å². The minimum Gasteiger partial charge on any atom is -0.378 e. The molecule has 0 aliphatic carbocycles. The van der Waals surface area contributed by atoms with Gasteiger partial charge >= 0.3 is 0 Å². The summed E-state index contributed by atoms with van der Waals surface area (Å²) in [6, 6.07) is 10.8. The van der Waals surface area contributed by atoms with Crippen LogP contribution in [0.1, 0.15) is 18.2 Å². The Morgan fingerprint density at radius 2 is 1.90 bits per heavy atom. The third-order valence-electron chi connectivity index (χ3n) is 3.17. The van der Waals surface area contributed by atoms with Gasteiger partial charge in [-0.1, -0.05) is 25.1 Å². The molecule has 0 bridgehead atoms. The summed E-state index contributed by atoms with van der Waals surface area (Å²) in [6.45, 7) is 4.14. The van der Waals surface area contributed by atoms with E-state index < -0.39 is 9.84 Å². The van der Waals surface area contributed by atoms with Gasteiger partial charge in [-0.25, -0.2) is 8.42 Å². The topological polar surface area (TPSA) is 59.1 Å². The number of hydrogen-bond donors (Lipinski definition) is 1. The number of hydrogen-bond acceptors (Lipinski definition) is 4. The number of para-hydroxylation sites is 1. The van der Waals surface area contributed by atoms with E-state index in [0.29, 0.717) is 17.1 Å². The normalized spacial score (nSPS) is 11.3. The number of aryl methyl sites for hydroxylation is 1. The molecule has 1 N–H and O–H groups in total. The second kappa shape index (κ2) is 6.05. The minimum absolute atomic E-state index is 0.0916. The highest BCUT2D eigenvalue weighted by Crippen LogP contribution is 2.22. The van der Waals surface area contributed by atoms with Gasteiger partial charge in [-0.05, 0) is 30.7 Å². The van der Waals surface area contributed by atoms with Crippen molar-refractivity contribution >= 4 is 15.5 Å². The van der Waals surface area contributed by atoms with Gasteiger partial charge in [-0.15, -0.1) is 0 Å². The Morgan fingerprint density at radius 3 is 2.60 bits per heavy atom. The molecule has 0 aliphatic heterocycles. The average Bonchev–Trinajstić information content (AvgIpc) is 2.47. The van der Waals surface area contributed by atoms with E-state index >= 15 is 0 Å². The van der Waals surface area contributed by atoms with Crippen molar-refractivity contribution in [3.05, 3.63) is 53.9 Å². The summed E-state index contributed by atoms with van der Waals surface area (Å²) in [6.07, 6.45) is 1.73. The van der Waals surface area contributed by atoms with Crippen LogP contribution in [0.4, 0.5) is 5.69 Å². The van der Waals surface area contributed by atoms with E-state index in [-0.39, 0.29) is 5.75 Å². The van der Waals surface area contributed by atoms with Gasteiger partial charge in [-0.3, -0.25) is 4.98 Å². The van der Waals surface area contributed by atoms with Gasteiger partial charge in [-0.2, -0.15) is 0 Å². The molecule has 20 heavy (non-hydrogen) atoms. The molecule has 0 atom stereocenters. The lowest BCUT2D eigenvalue weighted by atomic mass is 10.2. The molecule has 0 fully saturated rings. The first-order chi connectivity index (χ1) is 9.54. The lowest BCUT2D eigenvalue weighted by molar-refractivity contribution is 0.597. The third kappa shape index (κ3) is 3.17. The van der Waals surface area contributed by atoms with Crippen molar-refractivity contribution in [1.82, 2.24) is 4.98 Å². The summed E-state index contributed by atoms with van der Waals surface area (Å²) in [4.78, 5) is 4.64. The Balaban J connectivity index is 2.25. The predicted molar refractivity (Wildman–Crippen MR) is 80.5 cm³/mol. The number of nitrogens with zero attached hydrogens (tertiary/aromatic N) is 1. The molecule has 0 unspecified atom stereocenters.